The molecule has 7 nitrogen and oxygen atoms in total. The van der Waals surface area contributed by atoms with Gasteiger partial charge in [0.1, 0.15) is 16.2 Å². The highest BCUT2D eigenvalue weighted by atomic mass is 32.2. The molecule has 32 heavy (non-hydrogen) atoms. The third kappa shape index (κ3) is 4.66. The predicted molar refractivity (Wildman–Crippen MR) is 124 cm³/mol. The quantitative estimate of drug-likeness (QED) is 0.566. The number of amides is 1. The molecule has 0 spiro atoms. The van der Waals surface area contributed by atoms with E-state index < -0.39 is 10.0 Å². The normalized spacial score (nSPS) is 15.1. The summed E-state index contributed by atoms with van der Waals surface area (Å²) in [5, 5.41) is 3.72. The van der Waals surface area contributed by atoms with E-state index >= 15 is 0 Å². The summed E-state index contributed by atoms with van der Waals surface area (Å²) >= 11 is 0. The molecule has 4 rings (SSSR count). The van der Waals surface area contributed by atoms with Crippen molar-refractivity contribution in [1.82, 2.24) is 4.31 Å². The highest BCUT2D eigenvalue weighted by Gasteiger charge is 2.29. The summed E-state index contributed by atoms with van der Waals surface area (Å²) in [4.78, 5) is 12.8. The van der Waals surface area contributed by atoms with Gasteiger partial charge in [-0.2, -0.15) is 4.31 Å². The van der Waals surface area contributed by atoms with Gasteiger partial charge in [-0.3, -0.25) is 4.79 Å². The molecule has 1 fully saturated rings. The molecule has 2 aromatic carbocycles. The van der Waals surface area contributed by atoms with E-state index in [0.29, 0.717) is 31.1 Å². The van der Waals surface area contributed by atoms with Crippen LogP contribution in [0.15, 0.2) is 52.0 Å². The number of anilines is 1. The van der Waals surface area contributed by atoms with Crippen LogP contribution in [0.2, 0.25) is 0 Å². The van der Waals surface area contributed by atoms with E-state index in [1.165, 1.54) is 10.4 Å². The average molecular weight is 457 g/mol. The van der Waals surface area contributed by atoms with Crippen LogP contribution in [0.1, 0.15) is 37.3 Å². The lowest BCUT2D eigenvalue weighted by molar-refractivity contribution is -0.115. The van der Waals surface area contributed by atoms with E-state index in [1.807, 2.05) is 32.0 Å². The first kappa shape index (κ1) is 22.4. The van der Waals surface area contributed by atoms with Gasteiger partial charge in [-0.05, 0) is 56.5 Å². The van der Waals surface area contributed by atoms with E-state index in [2.05, 4.69) is 5.32 Å². The van der Waals surface area contributed by atoms with Crippen LogP contribution in [-0.2, 0) is 21.2 Å². The van der Waals surface area contributed by atoms with Crippen LogP contribution in [0.3, 0.4) is 0 Å². The second-order valence-corrected chi connectivity index (χ2v) is 9.95. The molecule has 0 radical (unpaired) electrons. The summed E-state index contributed by atoms with van der Waals surface area (Å²) < 4.78 is 39.2. The van der Waals surface area contributed by atoms with Gasteiger partial charge in [0.2, 0.25) is 15.9 Å². The van der Waals surface area contributed by atoms with Crippen LogP contribution in [0.4, 0.5) is 5.69 Å². The molecule has 1 N–H and O–H groups in total. The van der Waals surface area contributed by atoms with E-state index in [0.717, 1.165) is 41.4 Å². The monoisotopic (exact) mass is 456 g/mol. The predicted octanol–water partition coefficient (Wildman–Crippen LogP) is 4.50. The molecule has 0 bridgehead atoms. The highest BCUT2D eigenvalue weighted by molar-refractivity contribution is 7.89. The van der Waals surface area contributed by atoms with E-state index in [1.54, 1.807) is 18.4 Å². The zero-order chi connectivity index (χ0) is 22.7. The summed E-state index contributed by atoms with van der Waals surface area (Å²) in [7, 11) is -3.71. The Hall–Kier alpha value is -2.84. The first-order chi connectivity index (χ1) is 15.4. The third-order valence-electron chi connectivity index (χ3n) is 5.62. The molecule has 1 aliphatic rings. The van der Waals surface area contributed by atoms with Crippen LogP contribution in [0, 0.1) is 6.92 Å². The molecule has 170 valence electrons. The third-order valence-corrected chi connectivity index (χ3v) is 7.54. The number of rotatable bonds is 7. The number of nitrogens with zero attached hydrogens (tertiary/aromatic N) is 1. The Kier molecular flexibility index (Phi) is 6.53. The fourth-order valence-corrected chi connectivity index (χ4v) is 5.69. The number of sulfonamides is 1. The number of fused-ring (bicyclic) bond motifs is 1. The van der Waals surface area contributed by atoms with Crippen LogP contribution in [-0.4, -0.2) is 38.3 Å². The topological polar surface area (TPSA) is 88.8 Å². The maximum Gasteiger partial charge on any atom is 0.246 e. The number of piperidine rings is 1. The number of ether oxygens (including phenoxy) is 1. The lowest BCUT2D eigenvalue weighted by Crippen LogP contribution is -2.35. The zero-order valence-corrected chi connectivity index (χ0v) is 19.2. The molecular weight excluding hydrogens is 428 g/mol. The van der Waals surface area contributed by atoms with Gasteiger partial charge in [-0.1, -0.05) is 18.6 Å². The second-order valence-electron chi connectivity index (χ2n) is 8.04. The van der Waals surface area contributed by atoms with Crippen molar-refractivity contribution in [3.05, 3.63) is 53.8 Å². The van der Waals surface area contributed by atoms with Crippen molar-refractivity contribution >= 4 is 32.6 Å². The van der Waals surface area contributed by atoms with E-state index in [4.69, 9.17) is 9.15 Å². The molecule has 2 heterocycles. The maximum atomic E-state index is 13.3. The first-order valence-corrected chi connectivity index (χ1v) is 12.4. The minimum Gasteiger partial charge on any atom is -0.492 e. The van der Waals surface area contributed by atoms with Gasteiger partial charge < -0.3 is 14.5 Å². The standard InChI is InChI=1S/C24H28N2O5S/c1-3-30-21-10-8-19(15-23(21)32(28,29)26-11-5-4-6-12-26)25-24(27)14-18-16-31-22-13-17(2)7-9-20(18)22/h7-10,13,15-16H,3-6,11-12,14H2,1-2H3,(H,25,27). The van der Waals surface area contributed by atoms with Crippen LogP contribution >= 0.6 is 0 Å². The molecule has 1 amide bonds. The van der Waals surface area contributed by atoms with Gasteiger partial charge in [-0.15, -0.1) is 0 Å². The molecule has 1 aliphatic heterocycles. The summed E-state index contributed by atoms with van der Waals surface area (Å²) in [6.07, 6.45) is 4.43. The van der Waals surface area contributed by atoms with Crippen molar-refractivity contribution < 1.29 is 22.4 Å². The Morgan fingerprint density at radius 3 is 2.66 bits per heavy atom. The molecular formula is C24H28N2O5S. The molecule has 1 saturated heterocycles. The molecule has 3 aromatic rings. The van der Waals surface area contributed by atoms with E-state index in [-0.39, 0.29) is 17.2 Å². The Morgan fingerprint density at radius 1 is 1.12 bits per heavy atom. The lowest BCUT2D eigenvalue weighted by Gasteiger charge is -2.27. The van der Waals surface area contributed by atoms with Crippen LogP contribution < -0.4 is 10.1 Å². The number of carbonyl (C=O) groups excluding carboxylic acids is 1. The van der Waals surface area contributed by atoms with Gasteiger partial charge in [0.15, 0.2) is 0 Å². The van der Waals surface area contributed by atoms with Gasteiger partial charge >= 0.3 is 0 Å². The maximum absolute atomic E-state index is 13.3. The van der Waals surface area contributed by atoms with Crippen LogP contribution in [0.5, 0.6) is 5.75 Å². The number of furan rings is 1. The van der Waals surface area contributed by atoms with Crippen LogP contribution in [0.25, 0.3) is 11.0 Å². The average Bonchev–Trinajstić information content (AvgIpc) is 3.17. The minimum atomic E-state index is -3.71. The Balaban J connectivity index is 1.56. The van der Waals surface area contributed by atoms with Gasteiger partial charge in [-0.25, -0.2) is 8.42 Å². The fourth-order valence-electron chi connectivity index (χ4n) is 4.01. The molecule has 0 saturated carbocycles. The van der Waals surface area contributed by atoms with Crippen molar-refractivity contribution in [1.29, 1.82) is 0 Å². The summed E-state index contributed by atoms with van der Waals surface area (Å²) in [5.41, 5.74) is 3.02. The van der Waals surface area contributed by atoms with Gasteiger partial charge in [0, 0.05) is 29.7 Å². The largest absolute Gasteiger partial charge is 0.492 e. The molecule has 0 aliphatic carbocycles. The second kappa shape index (κ2) is 9.34. The summed E-state index contributed by atoms with van der Waals surface area (Å²) in [6.45, 7) is 5.13. The molecule has 8 heteroatoms. The zero-order valence-electron chi connectivity index (χ0n) is 18.4. The Bertz CT molecular complexity index is 1230. The molecule has 1 aromatic heterocycles. The number of hydrogen-bond donors (Lipinski definition) is 1. The van der Waals surface area contributed by atoms with Gasteiger partial charge in [0.25, 0.3) is 0 Å². The smallest absolute Gasteiger partial charge is 0.246 e. The summed E-state index contributed by atoms with van der Waals surface area (Å²) in [6, 6.07) is 10.6. The number of nitrogens with one attached hydrogen (secondary N) is 1. The fraction of sp³-hybridized carbons (Fsp3) is 0.375. The SMILES string of the molecule is CCOc1ccc(NC(=O)Cc2coc3cc(C)ccc23)cc1S(=O)(=O)N1CCCCC1. The highest BCUT2D eigenvalue weighted by Crippen LogP contribution is 2.31. The van der Waals surface area contributed by atoms with E-state index in [9.17, 15) is 13.2 Å². The number of benzene rings is 2. The Morgan fingerprint density at radius 2 is 1.91 bits per heavy atom. The summed E-state index contributed by atoms with van der Waals surface area (Å²) in [5.74, 6) is 0.0472. The number of aryl methyl sites for hydroxylation is 1. The van der Waals surface area contributed by atoms with Gasteiger partial charge in [0.05, 0.1) is 19.3 Å². The Labute approximate surface area is 188 Å². The van der Waals surface area contributed by atoms with Crippen molar-refractivity contribution in [3.8, 4) is 5.75 Å². The van der Waals surface area contributed by atoms with Crippen molar-refractivity contribution in [2.24, 2.45) is 0 Å². The number of carbonyl (C=O) groups is 1. The first-order valence-electron chi connectivity index (χ1n) is 10.9. The van der Waals surface area contributed by atoms with Crippen molar-refractivity contribution in [2.45, 2.75) is 44.4 Å². The lowest BCUT2D eigenvalue weighted by atomic mass is 10.1. The van der Waals surface area contributed by atoms with Crippen molar-refractivity contribution in [3.63, 3.8) is 0 Å². The molecule has 0 atom stereocenters. The molecule has 0 unspecified atom stereocenters. The number of hydrogen-bond acceptors (Lipinski definition) is 5. The van der Waals surface area contributed by atoms with Crippen molar-refractivity contribution in [2.75, 3.05) is 25.0 Å². The minimum absolute atomic E-state index is 0.0864.